The number of anilines is 1. The van der Waals surface area contributed by atoms with E-state index >= 15 is 0 Å². The molecule has 1 fully saturated rings. The van der Waals surface area contributed by atoms with E-state index in [1.54, 1.807) is 19.1 Å². The molecular formula is C14H16BrFN2O2. The predicted molar refractivity (Wildman–Crippen MR) is 77.9 cm³/mol. The average molecular weight is 343 g/mol. The first kappa shape index (κ1) is 15.0. The van der Waals surface area contributed by atoms with Crippen molar-refractivity contribution in [2.75, 3.05) is 11.4 Å². The Balaban J connectivity index is 2.50. The molecule has 0 saturated carbocycles. The molecule has 2 amide bonds. The number of carbonyl (C=O) groups is 2. The number of hydrogen-bond donors (Lipinski definition) is 1. The van der Waals surface area contributed by atoms with Crippen LogP contribution in [0, 0.1) is 5.82 Å². The Kier molecular flexibility index (Phi) is 4.13. The van der Waals surface area contributed by atoms with Gasteiger partial charge in [0.05, 0.1) is 5.69 Å². The van der Waals surface area contributed by atoms with E-state index in [4.69, 9.17) is 0 Å². The van der Waals surface area contributed by atoms with E-state index < -0.39 is 11.4 Å². The summed E-state index contributed by atoms with van der Waals surface area (Å²) in [4.78, 5) is 25.8. The minimum Gasteiger partial charge on any atom is -0.342 e. The third-order valence-electron chi connectivity index (χ3n) is 3.61. The molecule has 0 aromatic heterocycles. The van der Waals surface area contributed by atoms with Gasteiger partial charge < -0.3 is 10.2 Å². The van der Waals surface area contributed by atoms with Crippen molar-refractivity contribution in [2.45, 2.75) is 32.2 Å². The molecule has 2 rings (SSSR count). The van der Waals surface area contributed by atoms with Gasteiger partial charge in [0.25, 0.3) is 5.91 Å². The van der Waals surface area contributed by atoms with E-state index in [0.29, 0.717) is 10.9 Å². The first-order chi connectivity index (χ1) is 9.39. The molecule has 1 atom stereocenters. The highest BCUT2D eigenvalue weighted by Crippen LogP contribution is 2.32. The largest absolute Gasteiger partial charge is 0.342 e. The summed E-state index contributed by atoms with van der Waals surface area (Å²) in [5.41, 5.74) is -0.816. The quantitative estimate of drug-likeness (QED) is 0.898. The Morgan fingerprint density at radius 3 is 2.75 bits per heavy atom. The van der Waals surface area contributed by atoms with Crippen molar-refractivity contribution in [2.24, 2.45) is 0 Å². The van der Waals surface area contributed by atoms with E-state index in [1.807, 2.05) is 6.92 Å². The molecule has 0 bridgehead atoms. The molecule has 1 N–H and O–H groups in total. The molecule has 1 saturated heterocycles. The highest BCUT2D eigenvalue weighted by atomic mass is 79.9. The first-order valence-corrected chi connectivity index (χ1v) is 7.25. The lowest BCUT2D eigenvalue weighted by Crippen LogP contribution is -2.55. The molecule has 1 aliphatic heterocycles. The maximum Gasteiger partial charge on any atom is 0.252 e. The zero-order chi connectivity index (χ0) is 14.9. The molecule has 4 nitrogen and oxygen atoms in total. The lowest BCUT2D eigenvalue weighted by molar-refractivity contribution is -0.129. The summed E-state index contributed by atoms with van der Waals surface area (Å²) in [6.07, 6.45) is 0.599. The van der Waals surface area contributed by atoms with Crippen LogP contribution in [0.4, 0.5) is 10.1 Å². The van der Waals surface area contributed by atoms with Crippen LogP contribution in [0.15, 0.2) is 22.7 Å². The minimum atomic E-state index is -1.00. The SMILES string of the molecule is CCC1(C)NC(=O)CCN(c2c(F)cccc2Br)C1=O. The second-order valence-electron chi connectivity index (χ2n) is 5.01. The van der Waals surface area contributed by atoms with Gasteiger partial charge in [0.2, 0.25) is 5.91 Å². The van der Waals surface area contributed by atoms with Crippen molar-refractivity contribution in [3.63, 3.8) is 0 Å². The highest BCUT2D eigenvalue weighted by Gasteiger charge is 2.40. The predicted octanol–water partition coefficient (Wildman–Crippen LogP) is 2.61. The first-order valence-electron chi connectivity index (χ1n) is 6.46. The number of amides is 2. The number of nitrogens with one attached hydrogen (secondary N) is 1. The molecule has 1 aromatic rings. The summed E-state index contributed by atoms with van der Waals surface area (Å²) >= 11 is 3.27. The number of carbonyl (C=O) groups excluding carboxylic acids is 2. The number of rotatable bonds is 2. The third kappa shape index (κ3) is 2.57. The van der Waals surface area contributed by atoms with Gasteiger partial charge in [0, 0.05) is 17.4 Å². The van der Waals surface area contributed by atoms with Gasteiger partial charge in [0.15, 0.2) is 0 Å². The monoisotopic (exact) mass is 342 g/mol. The highest BCUT2D eigenvalue weighted by molar-refractivity contribution is 9.10. The normalized spacial score (nSPS) is 23.5. The fraction of sp³-hybridized carbons (Fsp3) is 0.429. The number of hydrogen-bond acceptors (Lipinski definition) is 2. The summed E-state index contributed by atoms with van der Waals surface area (Å²) < 4.78 is 14.6. The fourth-order valence-electron chi connectivity index (χ4n) is 2.24. The maximum atomic E-state index is 14.1. The number of nitrogens with zero attached hydrogens (tertiary/aromatic N) is 1. The second-order valence-corrected chi connectivity index (χ2v) is 5.87. The minimum absolute atomic E-state index is 0.155. The van der Waals surface area contributed by atoms with Gasteiger partial charge in [-0.1, -0.05) is 13.0 Å². The Labute approximate surface area is 125 Å². The lowest BCUT2D eigenvalue weighted by atomic mass is 9.97. The lowest BCUT2D eigenvalue weighted by Gasteiger charge is -2.31. The molecule has 0 radical (unpaired) electrons. The van der Waals surface area contributed by atoms with Gasteiger partial charge in [-0.2, -0.15) is 0 Å². The topological polar surface area (TPSA) is 49.4 Å². The van der Waals surface area contributed by atoms with Gasteiger partial charge in [0.1, 0.15) is 11.4 Å². The molecule has 1 heterocycles. The molecule has 6 heteroatoms. The van der Waals surface area contributed by atoms with Crippen LogP contribution in [0.3, 0.4) is 0 Å². The Morgan fingerprint density at radius 1 is 1.45 bits per heavy atom. The Hall–Kier alpha value is -1.43. The Morgan fingerprint density at radius 2 is 2.15 bits per heavy atom. The van der Waals surface area contributed by atoms with Crippen LogP contribution >= 0.6 is 15.9 Å². The van der Waals surface area contributed by atoms with Gasteiger partial charge in [-0.25, -0.2) is 4.39 Å². The summed E-state index contributed by atoms with van der Waals surface area (Å²) in [6, 6.07) is 4.54. The maximum absolute atomic E-state index is 14.1. The standard InChI is InChI=1S/C14H16BrFN2O2/c1-3-14(2)13(20)18(8-7-11(19)17-14)12-9(15)5-4-6-10(12)16/h4-6H,3,7-8H2,1-2H3,(H,17,19). The summed E-state index contributed by atoms with van der Waals surface area (Å²) in [5.74, 6) is -0.977. The van der Waals surface area contributed by atoms with Crippen LogP contribution in [0.2, 0.25) is 0 Å². The van der Waals surface area contributed by atoms with Crippen LogP contribution in [0.25, 0.3) is 0 Å². The summed E-state index contributed by atoms with van der Waals surface area (Å²) in [5, 5.41) is 2.73. The van der Waals surface area contributed by atoms with Crippen molar-refractivity contribution in [3.05, 3.63) is 28.5 Å². The van der Waals surface area contributed by atoms with Crippen LogP contribution in [0.1, 0.15) is 26.7 Å². The van der Waals surface area contributed by atoms with Crippen molar-refractivity contribution in [3.8, 4) is 0 Å². The van der Waals surface area contributed by atoms with Crippen molar-refractivity contribution < 1.29 is 14.0 Å². The molecule has 108 valence electrons. The number of halogens is 2. The van der Waals surface area contributed by atoms with Crippen molar-refractivity contribution in [1.29, 1.82) is 0 Å². The van der Waals surface area contributed by atoms with Gasteiger partial charge >= 0.3 is 0 Å². The zero-order valence-electron chi connectivity index (χ0n) is 11.4. The molecule has 1 unspecified atom stereocenters. The number of para-hydroxylation sites is 1. The smallest absolute Gasteiger partial charge is 0.252 e. The van der Waals surface area contributed by atoms with E-state index in [2.05, 4.69) is 21.2 Å². The van der Waals surface area contributed by atoms with E-state index in [-0.39, 0.29) is 30.5 Å². The van der Waals surface area contributed by atoms with Crippen LogP contribution in [0.5, 0.6) is 0 Å². The van der Waals surface area contributed by atoms with Gasteiger partial charge in [-0.05, 0) is 41.4 Å². The molecule has 0 aliphatic carbocycles. The Bertz CT molecular complexity index is 544. The zero-order valence-corrected chi connectivity index (χ0v) is 13.0. The molecule has 0 spiro atoms. The van der Waals surface area contributed by atoms with Crippen LogP contribution < -0.4 is 10.2 Å². The van der Waals surface area contributed by atoms with E-state index in [9.17, 15) is 14.0 Å². The molecular weight excluding hydrogens is 327 g/mol. The van der Waals surface area contributed by atoms with Crippen LogP contribution in [-0.2, 0) is 9.59 Å². The van der Waals surface area contributed by atoms with E-state index in [0.717, 1.165) is 0 Å². The molecule has 20 heavy (non-hydrogen) atoms. The van der Waals surface area contributed by atoms with Crippen LogP contribution in [-0.4, -0.2) is 23.9 Å². The molecule has 1 aliphatic rings. The van der Waals surface area contributed by atoms with Crippen molar-refractivity contribution in [1.82, 2.24) is 5.32 Å². The second kappa shape index (κ2) is 5.52. The fourth-order valence-corrected chi connectivity index (χ4v) is 2.79. The van der Waals surface area contributed by atoms with Gasteiger partial charge in [-0.3, -0.25) is 9.59 Å². The van der Waals surface area contributed by atoms with Gasteiger partial charge in [-0.15, -0.1) is 0 Å². The summed E-state index contributed by atoms with van der Waals surface area (Å²) in [6.45, 7) is 3.65. The summed E-state index contributed by atoms with van der Waals surface area (Å²) in [7, 11) is 0. The van der Waals surface area contributed by atoms with Crippen molar-refractivity contribution >= 4 is 33.4 Å². The molecule has 1 aromatic carbocycles. The average Bonchev–Trinajstić information content (AvgIpc) is 2.50. The third-order valence-corrected chi connectivity index (χ3v) is 4.25. The van der Waals surface area contributed by atoms with E-state index in [1.165, 1.54) is 11.0 Å². The number of benzene rings is 1.